The van der Waals surface area contributed by atoms with Gasteiger partial charge in [0.25, 0.3) is 10.0 Å². The van der Waals surface area contributed by atoms with Gasteiger partial charge in [-0.25, -0.2) is 8.42 Å². The van der Waals surface area contributed by atoms with Crippen LogP contribution in [0.5, 0.6) is 0 Å². The summed E-state index contributed by atoms with van der Waals surface area (Å²) in [6.07, 6.45) is 0. The van der Waals surface area contributed by atoms with Crippen molar-refractivity contribution in [2.75, 3.05) is 10.8 Å². The standard InChI is InChI=1S/C20H22N2O3S/c1-12-8-9-13(2)18(10-12)26(24,25)22-16-7-5-4-6-15(16)14(3)19-17(22)11-21-20(19)23/h4-10,14,17,19H,11H2,1-3H3,(H,21,23)/t14-,17+,19-/m0/s1. The number of carbonyl (C=O) groups is 1. The van der Waals surface area contributed by atoms with Crippen LogP contribution in [0, 0.1) is 19.8 Å². The molecular weight excluding hydrogens is 348 g/mol. The highest BCUT2D eigenvalue weighted by atomic mass is 32.2. The molecule has 2 heterocycles. The number of aryl methyl sites for hydroxylation is 2. The van der Waals surface area contributed by atoms with Gasteiger partial charge in [-0.2, -0.15) is 0 Å². The average Bonchev–Trinajstić information content (AvgIpc) is 2.99. The number of anilines is 1. The predicted molar refractivity (Wildman–Crippen MR) is 101 cm³/mol. The van der Waals surface area contributed by atoms with Crippen LogP contribution >= 0.6 is 0 Å². The number of carbonyl (C=O) groups excluding carboxylic acids is 1. The second-order valence-corrected chi connectivity index (χ2v) is 9.04. The molecule has 5 nitrogen and oxygen atoms in total. The molecule has 0 unspecified atom stereocenters. The molecule has 1 amide bonds. The van der Waals surface area contributed by atoms with E-state index in [1.807, 2.05) is 50.2 Å². The third-order valence-corrected chi connectivity index (χ3v) is 7.57. The maximum atomic E-state index is 13.7. The van der Waals surface area contributed by atoms with Crippen LogP contribution in [0.15, 0.2) is 47.4 Å². The fourth-order valence-electron chi connectivity index (χ4n) is 4.26. The molecule has 26 heavy (non-hydrogen) atoms. The fraction of sp³-hybridized carbons (Fsp3) is 0.350. The van der Waals surface area contributed by atoms with Gasteiger partial charge < -0.3 is 5.32 Å². The third-order valence-electron chi connectivity index (χ3n) is 5.59. The molecule has 0 saturated carbocycles. The molecule has 2 aliphatic heterocycles. The lowest BCUT2D eigenvalue weighted by atomic mass is 9.80. The Labute approximate surface area is 154 Å². The normalized spacial score (nSPS) is 24.8. The van der Waals surface area contributed by atoms with E-state index in [1.165, 1.54) is 4.31 Å². The first kappa shape index (κ1) is 17.1. The Morgan fingerprint density at radius 2 is 1.85 bits per heavy atom. The monoisotopic (exact) mass is 370 g/mol. The van der Waals surface area contributed by atoms with Crippen molar-refractivity contribution in [3.63, 3.8) is 0 Å². The summed E-state index contributed by atoms with van der Waals surface area (Å²) in [4.78, 5) is 12.7. The molecule has 2 aliphatic rings. The SMILES string of the molecule is Cc1ccc(C)c(S(=O)(=O)N2c3ccccc3[C@H](C)[C@@H]3C(=O)NC[C@H]32)c1. The van der Waals surface area contributed by atoms with Gasteiger partial charge >= 0.3 is 0 Å². The minimum absolute atomic E-state index is 0.0243. The van der Waals surface area contributed by atoms with Crippen molar-refractivity contribution in [3.8, 4) is 0 Å². The zero-order valence-corrected chi connectivity index (χ0v) is 15.9. The van der Waals surface area contributed by atoms with Gasteiger partial charge in [0.2, 0.25) is 5.91 Å². The van der Waals surface area contributed by atoms with E-state index >= 15 is 0 Å². The van der Waals surface area contributed by atoms with Gasteiger partial charge in [-0.1, -0.05) is 37.3 Å². The third kappa shape index (κ3) is 2.35. The molecule has 6 heteroatoms. The number of hydrogen-bond acceptors (Lipinski definition) is 3. The number of nitrogens with one attached hydrogen (secondary N) is 1. The minimum Gasteiger partial charge on any atom is -0.354 e. The van der Waals surface area contributed by atoms with Crippen molar-refractivity contribution in [1.29, 1.82) is 0 Å². The lowest BCUT2D eigenvalue weighted by Crippen LogP contribution is -2.50. The van der Waals surface area contributed by atoms with Gasteiger partial charge in [0.15, 0.2) is 0 Å². The molecule has 4 rings (SSSR count). The fourth-order valence-corrected chi connectivity index (χ4v) is 6.27. The van der Waals surface area contributed by atoms with E-state index in [4.69, 9.17) is 0 Å². The maximum Gasteiger partial charge on any atom is 0.264 e. The highest BCUT2D eigenvalue weighted by molar-refractivity contribution is 7.93. The molecule has 0 radical (unpaired) electrons. The number of rotatable bonds is 2. The average molecular weight is 370 g/mol. The largest absolute Gasteiger partial charge is 0.354 e. The first-order valence-electron chi connectivity index (χ1n) is 8.80. The van der Waals surface area contributed by atoms with E-state index in [1.54, 1.807) is 13.0 Å². The summed E-state index contributed by atoms with van der Waals surface area (Å²) in [6.45, 7) is 6.03. The molecular formula is C20H22N2O3S. The first-order valence-corrected chi connectivity index (χ1v) is 10.2. The number of hydrogen-bond donors (Lipinski definition) is 1. The van der Waals surface area contributed by atoms with Crippen molar-refractivity contribution in [1.82, 2.24) is 5.32 Å². The van der Waals surface area contributed by atoms with Crippen LogP contribution in [0.2, 0.25) is 0 Å². The lowest BCUT2D eigenvalue weighted by molar-refractivity contribution is -0.123. The topological polar surface area (TPSA) is 66.5 Å². The van der Waals surface area contributed by atoms with E-state index in [-0.39, 0.29) is 17.7 Å². The highest BCUT2D eigenvalue weighted by Crippen LogP contribution is 2.46. The van der Waals surface area contributed by atoms with Crippen LogP contribution in [-0.4, -0.2) is 26.9 Å². The van der Waals surface area contributed by atoms with Gasteiger partial charge in [0.1, 0.15) is 0 Å². The molecule has 1 N–H and O–H groups in total. The van der Waals surface area contributed by atoms with E-state index < -0.39 is 16.1 Å². The highest BCUT2D eigenvalue weighted by Gasteiger charge is 2.50. The van der Waals surface area contributed by atoms with Crippen LogP contribution < -0.4 is 9.62 Å². The molecule has 0 aliphatic carbocycles. The summed E-state index contributed by atoms with van der Waals surface area (Å²) in [5.74, 6) is -0.466. The van der Waals surface area contributed by atoms with Gasteiger partial charge in [-0.15, -0.1) is 0 Å². The molecule has 136 valence electrons. The van der Waals surface area contributed by atoms with Gasteiger partial charge in [0.05, 0.1) is 22.5 Å². The first-order chi connectivity index (χ1) is 12.3. The number of para-hydroxylation sites is 1. The molecule has 1 fully saturated rings. The lowest BCUT2D eigenvalue weighted by Gasteiger charge is -2.41. The maximum absolute atomic E-state index is 13.7. The summed E-state index contributed by atoms with van der Waals surface area (Å²) in [6, 6.07) is 12.6. The Kier molecular flexibility index (Phi) is 3.84. The Balaban J connectivity index is 1.95. The molecule has 0 spiro atoms. The predicted octanol–water partition coefficient (Wildman–Crippen LogP) is 2.73. The number of fused-ring (bicyclic) bond motifs is 2. The van der Waals surface area contributed by atoms with Gasteiger partial charge in [0, 0.05) is 6.54 Å². The summed E-state index contributed by atoms with van der Waals surface area (Å²) in [5, 5.41) is 2.86. The van der Waals surface area contributed by atoms with E-state index in [2.05, 4.69) is 5.32 Å². The Morgan fingerprint density at radius 1 is 1.12 bits per heavy atom. The van der Waals surface area contributed by atoms with Crippen LogP contribution in [0.4, 0.5) is 5.69 Å². The zero-order valence-electron chi connectivity index (χ0n) is 15.1. The van der Waals surface area contributed by atoms with Crippen LogP contribution in [0.3, 0.4) is 0 Å². The molecule has 0 aromatic heterocycles. The van der Waals surface area contributed by atoms with E-state index in [0.717, 1.165) is 11.1 Å². The Hall–Kier alpha value is -2.34. The molecule has 3 atom stereocenters. The number of sulfonamides is 1. The molecule has 2 aromatic carbocycles. The van der Waals surface area contributed by atoms with Crippen molar-refractivity contribution in [3.05, 3.63) is 59.2 Å². The van der Waals surface area contributed by atoms with Gasteiger partial charge in [-0.05, 0) is 48.6 Å². The second-order valence-electron chi connectivity index (χ2n) is 7.26. The molecule has 2 aromatic rings. The van der Waals surface area contributed by atoms with Crippen molar-refractivity contribution >= 4 is 21.6 Å². The second kappa shape index (κ2) is 5.84. The minimum atomic E-state index is -3.79. The Morgan fingerprint density at radius 3 is 2.62 bits per heavy atom. The van der Waals surface area contributed by atoms with Crippen molar-refractivity contribution in [2.24, 2.45) is 5.92 Å². The van der Waals surface area contributed by atoms with E-state index in [0.29, 0.717) is 22.7 Å². The molecule has 1 saturated heterocycles. The molecule has 0 bridgehead atoms. The van der Waals surface area contributed by atoms with Crippen LogP contribution in [0.25, 0.3) is 0 Å². The van der Waals surface area contributed by atoms with Crippen LogP contribution in [0.1, 0.15) is 29.5 Å². The van der Waals surface area contributed by atoms with Crippen molar-refractivity contribution < 1.29 is 13.2 Å². The summed E-state index contributed by atoms with van der Waals surface area (Å²) in [5.41, 5.74) is 3.18. The van der Waals surface area contributed by atoms with Gasteiger partial charge in [-0.3, -0.25) is 9.10 Å². The zero-order chi connectivity index (χ0) is 18.6. The quantitative estimate of drug-likeness (QED) is 0.884. The smallest absolute Gasteiger partial charge is 0.264 e. The van der Waals surface area contributed by atoms with E-state index in [9.17, 15) is 13.2 Å². The summed E-state index contributed by atoms with van der Waals surface area (Å²) >= 11 is 0. The summed E-state index contributed by atoms with van der Waals surface area (Å²) in [7, 11) is -3.79. The number of nitrogens with zero attached hydrogens (tertiary/aromatic N) is 1. The summed E-state index contributed by atoms with van der Waals surface area (Å²) < 4.78 is 28.8. The number of amides is 1. The van der Waals surface area contributed by atoms with Crippen LogP contribution in [-0.2, 0) is 14.8 Å². The number of benzene rings is 2. The Bertz CT molecular complexity index is 1000. The van der Waals surface area contributed by atoms with Crippen molar-refractivity contribution in [2.45, 2.75) is 37.6 Å².